The Morgan fingerprint density at radius 2 is 1.70 bits per heavy atom. The second kappa shape index (κ2) is 18.2. The zero-order chi connectivity index (χ0) is 39.0. The number of urea groups is 1. The monoisotopic (exact) mass is 791 g/mol. The molecule has 0 radical (unpaired) electrons. The molecule has 1 N–H and O–H groups in total. The predicted octanol–water partition coefficient (Wildman–Crippen LogP) is 10.3. The molecule has 3 aromatic rings. The second-order valence-electron chi connectivity index (χ2n) is 15.7. The van der Waals surface area contributed by atoms with Gasteiger partial charge in [-0.05, 0) is 87.4 Å². The normalized spacial score (nSPS) is 16.9. The molecule has 1 fully saturated rings. The summed E-state index contributed by atoms with van der Waals surface area (Å²) in [5.41, 5.74) is 2.49. The Hall–Kier alpha value is -3.85. The van der Waals surface area contributed by atoms with E-state index in [1.807, 2.05) is 78.6 Å². The van der Waals surface area contributed by atoms with Gasteiger partial charge in [-0.3, -0.25) is 19.7 Å². The molecule has 0 spiro atoms. The maximum atomic E-state index is 15.0. The third-order valence-electron chi connectivity index (χ3n) is 10.0. The molecular weight excluding hydrogens is 741 g/mol. The lowest BCUT2D eigenvalue weighted by Crippen LogP contribution is -2.50. The van der Waals surface area contributed by atoms with Gasteiger partial charge in [-0.2, -0.15) is 0 Å². The molecule has 1 aromatic heterocycles. The average molecular weight is 793 g/mol. The van der Waals surface area contributed by atoms with E-state index in [-0.39, 0.29) is 35.7 Å². The van der Waals surface area contributed by atoms with Crippen molar-refractivity contribution in [3.63, 3.8) is 0 Å². The van der Waals surface area contributed by atoms with E-state index in [0.29, 0.717) is 84.2 Å². The Bertz CT molecular complexity index is 1880. The lowest BCUT2D eigenvalue weighted by Gasteiger charge is -2.38. The first-order valence-electron chi connectivity index (χ1n) is 18.7. The van der Waals surface area contributed by atoms with Crippen LogP contribution in [0.5, 0.6) is 5.75 Å². The lowest BCUT2D eigenvalue weighted by molar-refractivity contribution is -0.122. The number of piperidine rings is 1. The van der Waals surface area contributed by atoms with E-state index in [2.05, 4.69) is 46.0 Å². The number of aliphatic imine (C=N–C) groups is 1. The van der Waals surface area contributed by atoms with E-state index in [4.69, 9.17) is 49.5 Å². The smallest absolute Gasteiger partial charge is 0.325 e. The Morgan fingerprint density at radius 1 is 0.981 bits per heavy atom. The Kier molecular flexibility index (Phi) is 13.9. The van der Waals surface area contributed by atoms with Crippen LogP contribution in [0.25, 0.3) is 0 Å². The molecule has 3 amide bonds. The highest BCUT2D eigenvalue weighted by Gasteiger charge is 2.35. The van der Waals surface area contributed by atoms with Crippen LogP contribution in [0.1, 0.15) is 89.6 Å². The third kappa shape index (κ3) is 11.1. The number of rotatable bonds is 11. The van der Waals surface area contributed by atoms with Gasteiger partial charge in [0.05, 0.1) is 24.3 Å². The fourth-order valence-electron chi connectivity index (χ4n) is 6.72. The number of aromatic nitrogens is 1. The molecule has 1 saturated heterocycles. The first-order valence-corrected chi connectivity index (χ1v) is 19.9. The minimum Gasteiger partial charge on any atom is -0.493 e. The minimum absolute atomic E-state index is 0.0108. The number of benzene rings is 2. The van der Waals surface area contributed by atoms with Gasteiger partial charge in [0.15, 0.2) is 0 Å². The van der Waals surface area contributed by atoms with Crippen molar-refractivity contribution in [1.82, 2.24) is 20.1 Å². The van der Waals surface area contributed by atoms with Crippen molar-refractivity contribution >= 4 is 52.6 Å². The topological polar surface area (TPSA) is 87.1 Å². The first kappa shape index (κ1) is 41.3. The molecule has 11 heteroatoms. The molecule has 1 unspecified atom stereocenters. The summed E-state index contributed by atoms with van der Waals surface area (Å²) < 4.78 is 6.30. The quantitative estimate of drug-likeness (QED) is 0.155. The van der Waals surface area contributed by atoms with Crippen LogP contribution in [-0.2, 0) is 23.3 Å². The molecule has 1 atom stereocenters. The number of halogens is 3. The van der Waals surface area contributed by atoms with Crippen LogP contribution in [0.15, 0.2) is 89.0 Å². The predicted molar refractivity (Wildman–Crippen MR) is 221 cm³/mol. The molecule has 2 heterocycles. The summed E-state index contributed by atoms with van der Waals surface area (Å²) in [6.45, 7) is 14.6. The van der Waals surface area contributed by atoms with Crippen LogP contribution in [0.2, 0.25) is 10.0 Å². The van der Waals surface area contributed by atoms with Crippen molar-refractivity contribution in [2.75, 3.05) is 19.7 Å². The number of pyridine rings is 1. The summed E-state index contributed by atoms with van der Waals surface area (Å²) in [6, 6.07) is 16.8. The SMILES string of the molecule is CCOc1cc(C(C)(C)C)ncc1/C(=N/C(C)(C)C1C=CC(Cl)=CC1)N(Cc1ccc(Cl)cc1)C(=O)N1CCC(CC(=O)NCc2cccc(Cl)c2)CC1. The van der Waals surface area contributed by atoms with Gasteiger partial charge in [0.2, 0.25) is 5.91 Å². The molecule has 288 valence electrons. The Morgan fingerprint density at radius 3 is 2.33 bits per heavy atom. The van der Waals surface area contributed by atoms with Crippen LogP contribution in [0, 0.1) is 11.8 Å². The van der Waals surface area contributed by atoms with E-state index in [1.54, 1.807) is 11.1 Å². The third-order valence-corrected chi connectivity index (χ3v) is 10.8. The fourth-order valence-corrected chi connectivity index (χ4v) is 7.22. The summed E-state index contributed by atoms with van der Waals surface area (Å²) in [7, 11) is 0. The number of ether oxygens (including phenoxy) is 1. The summed E-state index contributed by atoms with van der Waals surface area (Å²) in [4.78, 5) is 41.9. The fraction of sp³-hybridized carbons (Fsp3) is 0.442. The van der Waals surface area contributed by atoms with Crippen LogP contribution in [-0.4, -0.2) is 57.8 Å². The minimum atomic E-state index is -0.643. The van der Waals surface area contributed by atoms with Gasteiger partial charge >= 0.3 is 6.03 Å². The standard InChI is InChI=1S/C43H52Cl3N5O3/c1-7-54-37-25-38(42(2,3)4)47-27-36(37)40(49-43(5,6)32-13-17-34(45)18-14-32)51(28-30-11-15-33(44)16-12-30)41(53)50-21-19-29(20-22-50)24-39(52)48-26-31-9-8-10-35(46)23-31/h8-13,15-18,23,25,27,29,32H,7,14,19-22,24,26,28H2,1-6H3,(H,48,52)/b49-40-. The highest BCUT2D eigenvalue weighted by molar-refractivity contribution is 6.31. The number of carbonyl (C=O) groups is 2. The van der Waals surface area contributed by atoms with Crippen molar-refractivity contribution in [3.05, 3.63) is 116 Å². The molecule has 0 bridgehead atoms. The summed E-state index contributed by atoms with van der Waals surface area (Å²) >= 11 is 18.7. The molecule has 2 aromatic carbocycles. The summed E-state index contributed by atoms with van der Waals surface area (Å²) in [6.07, 6.45) is 10.3. The van der Waals surface area contributed by atoms with Gasteiger partial charge in [0.25, 0.3) is 0 Å². The van der Waals surface area contributed by atoms with Crippen LogP contribution < -0.4 is 10.1 Å². The molecule has 0 saturated carbocycles. The summed E-state index contributed by atoms with van der Waals surface area (Å²) in [5, 5.41) is 4.98. The van der Waals surface area contributed by atoms with Crippen LogP contribution >= 0.6 is 34.8 Å². The van der Waals surface area contributed by atoms with Gasteiger partial charge in [-0.25, -0.2) is 4.79 Å². The number of carbonyl (C=O) groups excluding carboxylic acids is 2. The maximum absolute atomic E-state index is 15.0. The number of allylic oxidation sites excluding steroid dienone is 3. The maximum Gasteiger partial charge on any atom is 0.325 e. The number of hydrogen-bond donors (Lipinski definition) is 1. The Balaban J connectivity index is 1.47. The molecule has 1 aliphatic heterocycles. The zero-order valence-electron chi connectivity index (χ0n) is 32.2. The Labute approximate surface area is 335 Å². The number of amides is 3. The second-order valence-corrected chi connectivity index (χ2v) is 17.0. The number of nitrogens with zero attached hydrogens (tertiary/aromatic N) is 4. The van der Waals surface area contributed by atoms with Crippen molar-refractivity contribution in [3.8, 4) is 5.75 Å². The van der Waals surface area contributed by atoms with Crippen molar-refractivity contribution in [2.24, 2.45) is 16.8 Å². The van der Waals surface area contributed by atoms with Crippen molar-refractivity contribution in [1.29, 1.82) is 0 Å². The van der Waals surface area contributed by atoms with Gasteiger partial charge in [0.1, 0.15) is 11.6 Å². The molecular formula is C43H52Cl3N5O3. The zero-order valence-corrected chi connectivity index (χ0v) is 34.4. The molecule has 54 heavy (non-hydrogen) atoms. The number of amidine groups is 1. The highest BCUT2D eigenvalue weighted by Crippen LogP contribution is 2.35. The van der Waals surface area contributed by atoms with Crippen molar-refractivity contribution in [2.45, 2.75) is 91.3 Å². The molecule has 2 aliphatic rings. The van der Waals surface area contributed by atoms with Gasteiger partial charge in [-0.1, -0.05) is 92.0 Å². The molecule has 8 nitrogen and oxygen atoms in total. The first-order chi connectivity index (χ1) is 25.6. The van der Waals surface area contributed by atoms with E-state index in [1.165, 1.54) is 0 Å². The number of likely N-dealkylation sites (tertiary alicyclic amines) is 1. The number of hydrogen-bond acceptors (Lipinski definition) is 5. The summed E-state index contributed by atoms with van der Waals surface area (Å²) in [5.74, 6) is 1.27. The van der Waals surface area contributed by atoms with E-state index < -0.39 is 5.54 Å². The van der Waals surface area contributed by atoms with Crippen LogP contribution in [0.3, 0.4) is 0 Å². The van der Waals surface area contributed by atoms with Gasteiger partial charge in [-0.15, -0.1) is 0 Å². The number of nitrogens with one attached hydrogen (secondary N) is 1. The molecule has 1 aliphatic carbocycles. The molecule has 5 rings (SSSR count). The van der Waals surface area contributed by atoms with E-state index >= 15 is 0 Å². The van der Waals surface area contributed by atoms with Crippen molar-refractivity contribution < 1.29 is 14.3 Å². The van der Waals surface area contributed by atoms with Gasteiger partial charge in [0, 0.05) is 70.4 Å². The largest absolute Gasteiger partial charge is 0.493 e. The van der Waals surface area contributed by atoms with E-state index in [9.17, 15) is 9.59 Å². The highest BCUT2D eigenvalue weighted by atomic mass is 35.5. The lowest BCUT2D eigenvalue weighted by atomic mass is 9.83. The average Bonchev–Trinajstić information content (AvgIpc) is 3.13. The van der Waals surface area contributed by atoms with E-state index in [0.717, 1.165) is 16.8 Å². The van der Waals surface area contributed by atoms with Crippen LogP contribution in [0.4, 0.5) is 4.79 Å². The van der Waals surface area contributed by atoms with Gasteiger partial charge < -0.3 is 15.0 Å².